The summed E-state index contributed by atoms with van der Waals surface area (Å²) in [7, 11) is 0. The standard InChI is InChI=1S/C22H22Cl2O4/c1-2-28-22(27)19(24)12-14-11-13(8-10-18(14)23)7-9-17-20(25)15-5-3-4-6-16(15)21(17)26/h8,10-12,17H,2-7,9H2,1H3/b19-12+. The molecule has 4 nitrogen and oxygen atoms in total. The Bertz CT molecular complexity index is 855. The Morgan fingerprint density at radius 2 is 1.82 bits per heavy atom. The van der Waals surface area contributed by atoms with E-state index in [2.05, 4.69) is 0 Å². The van der Waals surface area contributed by atoms with Gasteiger partial charge in [0.05, 0.1) is 12.5 Å². The quantitative estimate of drug-likeness (QED) is 0.366. The Hall–Kier alpha value is -1.91. The van der Waals surface area contributed by atoms with Crippen LogP contribution in [-0.4, -0.2) is 24.1 Å². The Morgan fingerprint density at radius 3 is 2.43 bits per heavy atom. The predicted octanol–water partition coefficient (Wildman–Crippen LogP) is 5.05. The minimum atomic E-state index is -0.607. The zero-order valence-corrected chi connectivity index (χ0v) is 17.2. The van der Waals surface area contributed by atoms with E-state index in [1.807, 2.05) is 12.1 Å². The maximum absolute atomic E-state index is 12.6. The van der Waals surface area contributed by atoms with E-state index < -0.39 is 11.9 Å². The minimum Gasteiger partial charge on any atom is -0.462 e. The highest BCUT2D eigenvalue weighted by atomic mass is 35.5. The average molecular weight is 421 g/mol. The van der Waals surface area contributed by atoms with Gasteiger partial charge in [0.15, 0.2) is 11.6 Å². The zero-order chi connectivity index (χ0) is 20.3. The molecule has 2 aliphatic rings. The van der Waals surface area contributed by atoms with Gasteiger partial charge in [-0.3, -0.25) is 9.59 Å². The van der Waals surface area contributed by atoms with E-state index in [1.165, 1.54) is 6.08 Å². The van der Waals surface area contributed by atoms with Gasteiger partial charge >= 0.3 is 5.97 Å². The second-order valence-corrected chi connectivity index (χ2v) is 7.87. The molecule has 3 rings (SSSR count). The molecular formula is C22H22Cl2O4. The molecule has 0 aromatic heterocycles. The third kappa shape index (κ3) is 4.39. The van der Waals surface area contributed by atoms with E-state index >= 15 is 0 Å². The predicted molar refractivity (Wildman–Crippen MR) is 109 cm³/mol. The number of ketones is 2. The first-order valence-corrected chi connectivity index (χ1v) is 10.3. The van der Waals surface area contributed by atoms with Gasteiger partial charge in [-0.1, -0.05) is 35.3 Å². The summed E-state index contributed by atoms with van der Waals surface area (Å²) >= 11 is 12.2. The maximum atomic E-state index is 12.6. The van der Waals surface area contributed by atoms with E-state index in [9.17, 15) is 14.4 Å². The molecule has 1 aromatic rings. The van der Waals surface area contributed by atoms with E-state index in [0.717, 1.165) is 42.4 Å². The van der Waals surface area contributed by atoms with Crippen molar-refractivity contribution in [3.63, 3.8) is 0 Å². The fourth-order valence-corrected chi connectivity index (χ4v) is 4.16. The van der Waals surface area contributed by atoms with Crippen LogP contribution in [0.4, 0.5) is 0 Å². The van der Waals surface area contributed by atoms with Gasteiger partial charge < -0.3 is 4.74 Å². The molecule has 0 saturated carbocycles. The second-order valence-electron chi connectivity index (χ2n) is 7.05. The van der Waals surface area contributed by atoms with Crippen LogP contribution in [0.3, 0.4) is 0 Å². The van der Waals surface area contributed by atoms with Gasteiger partial charge in [-0.05, 0) is 68.7 Å². The number of rotatable bonds is 6. The Labute approximate surface area is 174 Å². The summed E-state index contributed by atoms with van der Waals surface area (Å²) in [6.45, 7) is 1.94. The van der Waals surface area contributed by atoms with Crippen LogP contribution in [0.2, 0.25) is 5.02 Å². The summed E-state index contributed by atoms with van der Waals surface area (Å²) in [6.07, 6.45) is 5.95. The zero-order valence-electron chi connectivity index (χ0n) is 15.7. The lowest BCUT2D eigenvalue weighted by atomic mass is 9.93. The van der Waals surface area contributed by atoms with Crippen LogP contribution >= 0.6 is 23.2 Å². The summed E-state index contributed by atoms with van der Waals surface area (Å²) in [6, 6.07) is 5.40. The smallest absolute Gasteiger partial charge is 0.349 e. The van der Waals surface area contributed by atoms with E-state index in [1.54, 1.807) is 13.0 Å². The SMILES string of the molecule is CCOC(=O)/C(Cl)=C\c1cc(CCC2C(=O)C3=C(CCCC3)C2=O)ccc1Cl. The van der Waals surface area contributed by atoms with Crippen molar-refractivity contribution in [2.24, 2.45) is 5.92 Å². The van der Waals surface area contributed by atoms with Crippen LogP contribution in [0.5, 0.6) is 0 Å². The molecule has 0 unspecified atom stereocenters. The van der Waals surface area contributed by atoms with Crippen LogP contribution in [0.15, 0.2) is 34.4 Å². The largest absolute Gasteiger partial charge is 0.462 e. The number of benzene rings is 1. The highest BCUT2D eigenvalue weighted by Crippen LogP contribution is 2.37. The number of hydrogen-bond donors (Lipinski definition) is 0. The molecule has 6 heteroatoms. The van der Waals surface area contributed by atoms with Crippen molar-refractivity contribution in [1.29, 1.82) is 0 Å². The van der Waals surface area contributed by atoms with Crippen LogP contribution in [0.25, 0.3) is 6.08 Å². The highest BCUT2D eigenvalue weighted by Gasteiger charge is 2.40. The monoisotopic (exact) mass is 420 g/mol. The van der Waals surface area contributed by atoms with Gasteiger partial charge in [0.2, 0.25) is 0 Å². The van der Waals surface area contributed by atoms with Crippen LogP contribution in [0.1, 0.15) is 50.2 Å². The Morgan fingerprint density at radius 1 is 1.18 bits per heavy atom. The van der Waals surface area contributed by atoms with Gasteiger partial charge in [0, 0.05) is 16.2 Å². The van der Waals surface area contributed by atoms with E-state index in [-0.39, 0.29) is 23.2 Å². The van der Waals surface area contributed by atoms with Gasteiger partial charge in [-0.15, -0.1) is 0 Å². The molecule has 0 amide bonds. The van der Waals surface area contributed by atoms with Crippen molar-refractivity contribution in [1.82, 2.24) is 0 Å². The third-order valence-corrected chi connectivity index (χ3v) is 5.84. The van der Waals surface area contributed by atoms with Gasteiger partial charge in [0.1, 0.15) is 5.03 Å². The number of halogens is 2. The maximum Gasteiger partial charge on any atom is 0.349 e. The van der Waals surface area contributed by atoms with Crippen LogP contribution < -0.4 is 0 Å². The number of esters is 1. The summed E-state index contributed by atoms with van der Waals surface area (Å²) in [5, 5.41) is 0.398. The number of Topliss-reactive ketones (excluding diaryl/α,β-unsaturated/α-hetero) is 2. The van der Waals surface area contributed by atoms with Crippen LogP contribution in [0, 0.1) is 5.92 Å². The van der Waals surface area contributed by atoms with Crippen LogP contribution in [-0.2, 0) is 25.5 Å². The molecule has 0 heterocycles. The lowest BCUT2D eigenvalue weighted by molar-refractivity contribution is -0.137. The first kappa shape index (κ1) is 20.8. The number of carbonyl (C=O) groups excluding carboxylic acids is 3. The molecule has 0 atom stereocenters. The minimum absolute atomic E-state index is 0.0131. The lowest BCUT2D eigenvalue weighted by Crippen LogP contribution is -2.18. The molecule has 2 aliphatic carbocycles. The summed E-state index contributed by atoms with van der Waals surface area (Å²) in [5.41, 5.74) is 3.05. The second kappa shape index (κ2) is 9.06. The number of allylic oxidation sites excluding steroid dienone is 2. The summed E-state index contributed by atoms with van der Waals surface area (Å²) in [5.74, 6) is -1.14. The first-order chi connectivity index (χ1) is 13.4. The molecular weight excluding hydrogens is 399 g/mol. The topological polar surface area (TPSA) is 60.4 Å². The normalized spacial score (nSPS) is 17.9. The van der Waals surface area contributed by atoms with Crippen molar-refractivity contribution in [3.8, 4) is 0 Å². The molecule has 0 N–H and O–H groups in total. The third-order valence-electron chi connectivity index (χ3n) is 5.23. The number of carbonyl (C=O) groups is 3. The van der Waals surface area contributed by atoms with E-state index in [4.69, 9.17) is 27.9 Å². The highest BCUT2D eigenvalue weighted by molar-refractivity contribution is 6.43. The average Bonchev–Trinajstić information content (AvgIpc) is 2.93. The molecule has 148 valence electrons. The molecule has 28 heavy (non-hydrogen) atoms. The van der Waals surface area contributed by atoms with Crippen molar-refractivity contribution in [3.05, 3.63) is 50.5 Å². The molecule has 0 saturated heterocycles. The van der Waals surface area contributed by atoms with Gasteiger partial charge in [-0.25, -0.2) is 4.79 Å². The Balaban J connectivity index is 1.71. The van der Waals surface area contributed by atoms with Crippen molar-refractivity contribution in [2.75, 3.05) is 6.61 Å². The summed E-state index contributed by atoms with van der Waals surface area (Å²) < 4.78 is 4.87. The first-order valence-electron chi connectivity index (χ1n) is 9.55. The molecule has 0 fully saturated rings. The molecule has 1 aromatic carbocycles. The molecule has 0 bridgehead atoms. The Kier molecular flexibility index (Phi) is 6.73. The summed E-state index contributed by atoms with van der Waals surface area (Å²) in [4.78, 5) is 36.9. The molecule has 0 spiro atoms. The molecule has 0 aliphatic heterocycles. The fraction of sp³-hybridized carbons (Fsp3) is 0.409. The fourth-order valence-electron chi connectivity index (χ4n) is 3.82. The number of hydrogen-bond acceptors (Lipinski definition) is 4. The van der Waals surface area contributed by atoms with Crippen molar-refractivity contribution in [2.45, 2.75) is 45.4 Å². The van der Waals surface area contributed by atoms with Gasteiger partial charge in [0.25, 0.3) is 0 Å². The number of ether oxygens (including phenoxy) is 1. The van der Waals surface area contributed by atoms with Crippen molar-refractivity contribution >= 4 is 46.8 Å². The van der Waals surface area contributed by atoms with Gasteiger partial charge in [-0.2, -0.15) is 0 Å². The molecule has 0 radical (unpaired) electrons. The van der Waals surface area contributed by atoms with Crippen molar-refractivity contribution < 1.29 is 19.1 Å². The van der Waals surface area contributed by atoms with E-state index in [0.29, 0.717) is 23.4 Å². The number of aryl methyl sites for hydroxylation is 1. The lowest BCUT2D eigenvalue weighted by Gasteiger charge is -2.10.